The number of ketones is 3. The van der Waals surface area contributed by atoms with Crippen molar-refractivity contribution in [2.24, 2.45) is 28.6 Å². The fraction of sp³-hybridized carbons (Fsp3) is 0.750. The van der Waals surface area contributed by atoms with Gasteiger partial charge in [-0.25, -0.2) is 0 Å². The van der Waals surface area contributed by atoms with Crippen LogP contribution in [-0.4, -0.2) is 43.9 Å². The molecule has 26 heavy (non-hydrogen) atoms. The Morgan fingerprint density at radius 3 is 2.23 bits per heavy atom. The SMILES string of the molecule is CC(C)C(=O)C1=C(O)[C@]2(O)C(=O)C[C@H]3C(C)(C)[C@@H](C(C)(C)O)C[C@]32C1=O. The number of Topliss-reactive ketones (excluding diaryl/α,β-unsaturated/α-hetero) is 3. The van der Waals surface area contributed by atoms with Gasteiger partial charge in [0, 0.05) is 12.3 Å². The van der Waals surface area contributed by atoms with Crippen molar-refractivity contribution < 1.29 is 29.7 Å². The summed E-state index contributed by atoms with van der Waals surface area (Å²) in [5, 5.41) is 32.7. The molecule has 0 amide bonds. The van der Waals surface area contributed by atoms with E-state index in [-0.39, 0.29) is 18.8 Å². The Morgan fingerprint density at radius 1 is 1.23 bits per heavy atom. The fourth-order valence-electron chi connectivity index (χ4n) is 5.97. The van der Waals surface area contributed by atoms with E-state index in [4.69, 9.17) is 0 Å². The summed E-state index contributed by atoms with van der Waals surface area (Å²) in [6, 6.07) is 0. The van der Waals surface area contributed by atoms with Gasteiger partial charge in [0.1, 0.15) is 11.3 Å². The lowest BCUT2D eigenvalue weighted by molar-refractivity contribution is -0.149. The molecule has 0 radical (unpaired) electrons. The normalized spacial score (nSPS) is 39.0. The van der Waals surface area contributed by atoms with Gasteiger partial charge in [0.2, 0.25) is 0 Å². The van der Waals surface area contributed by atoms with Gasteiger partial charge in [-0.1, -0.05) is 27.7 Å². The molecule has 2 fully saturated rings. The van der Waals surface area contributed by atoms with Crippen LogP contribution >= 0.6 is 0 Å². The lowest BCUT2D eigenvalue weighted by Crippen LogP contribution is -2.51. The molecule has 1 spiro atoms. The van der Waals surface area contributed by atoms with E-state index in [0.29, 0.717) is 0 Å². The summed E-state index contributed by atoms with van der Waals surface area (Å²) < 4.78 is 0. The predicted molar refractivity (Wildman–Crippen MR) is 93.2 cm³/mol. The summed E-state index contributed by atoms with van der Waals surface area (Å²) >= 11 is 0. The maximum Gasteiger partial charge on any atom is 0.193 e. The number of hydrogen-bond acceptors (Lipinski definition) is 6. The molecule has 0 aliphatic heterocycles. The number of aliphatic hydroxyl groups is 3. The molecule has 3 N–H and O–H groups in total. The average molecular weight is 364 g/mol. The van der Waals surface area contributed by atoms with Crippen LogP contribution in [0, 0.1) is 28.6 Å². The van der Waals surface area contributed by atoms with Crippen molar-refractivity contribution in [3.8, 4) is 0 Å². The van der Waals surface area contributed by atoms with E-state index < -0.39 is 62.5 Å². The molecule has 6 nitrogen and oxygen atoms in total. The van der Waals surface area contributed by atoms with Crippen molar-refractivity contribution in [3.05, 3.63) is 11.3 Å². The summed E-state index contributed by atoms with van der Waals surface area (Å²) in [4.78, 5) is 38.7. The molecule has 0 aromatic carbocycles. The van der Waals surface area contributed by atoms with Gasteiger partial charge in [-0.2, -0.15) is 0 Å². The predicted octanol–water partition coefficient (Wildman–Crippen LogP) is 1.73. The number of carbonyl (C=O) groups is 3. The molecule has 0 unspecified atom stereocenters. The minimum absolute atomic E-state index is 0.0498. The summed E-state index contributed by atoms with van der Waals surface area (Å²) in [5.74, 6) is -4.13. The van der Waals surface area contributed by atoms with Crippen molar-refractivity contribution in [1.82, 2.24) is 0 Å². The second kappa shape index (κ2) is 5.04. The van der Waals surface area contributed by atoms with Crippen LogP contribution in [0.1, 0.15) is 54.4 Å². The third-order valence-electron chi connectivity index (χ3n) is 7.19. The van der Waals surface area contributed by atoms with Gasteiger partial charge in [-0.15, -0.1) is 0 Å². The van der Waals surface area contributed by atoms with Gasteiger partial charge in [-0.05, 0) is 37.5 Å². The third kappa shape index (κ3) is 1.87. The average Bonchev–Trinajstić information content (AvgIpc) is 2.94. The van der Waals surface area contributed by atoms with Gasteiger partial charge in [-0.3, -0.25) is 14.4 Å². The Labute approximate surface area is 153 Å². The van der Waals surface area contributed by atoms with Gasteiger partial charge in [0.25, 0.3) is 0 Å². The number of carbonyl (C=O) groups excluding carboxylic acids is 3. The van der Waals surface area contributed by atoms with Crippen molar-refractivity contribution >= 4 is 17.3 Å². The van der Waals surface area contributed by atoms with E-state index in [1.807, 2.05) is 13.8 Å². The van der Waals surface area contributed by atoms with E-state index in [0.717, 1.165) is 0 Å². The number of hydrogen-bond donors (Lipinski definition) is 3. The highest BCUT2D eigenvalue weighted by atomic mass is 16.4. The molecular weight excluding hydrogens is 336 g/mol. The smallest absolute Gasteiger partial charge is 0.193 e. The molecular formula is C20H28O6. The Balaban J connectivity index is 2.25. The highest BCUT2D eigenvalue weighted by Gasteiger charge is 2.82. The van der Waals surface area contributed by atoms with Crippen molar-refractivity contribution in [3.63, 3.8) is 0 Å². The summed E-state index contributed by atoms with van der Waals surface area (Å²) in [5.41, 5.74) is -6.17. The summed E-state index contributed by atoms with van der Waals surface area (Å²) in [7, 11) is 0. The zero-order valence-electron chi connectivity index (χ0n) is 16.2. The van der Waals surface area contributed by atoms with Crippen LogP contribution in [0.15, 0.2) is 11.3 Å². The lowest BCUT2D eigenvalue weighted by atomic mass is 9.66. The van der Waals surface area contributed by atoms with Crippen LogP contribution in [0.2, 0.25) is 0 Å². The quantitative estimate of drug-likeness (QED) is 0.658. The van der Waals surface area contributed by atoms with Crippen LogP contribution in [0.5, 0.6) is 0 Å². The monoisotopic (exact) mass is 364 g/mol. The Kier molecular flexibility index (Phi) is 3.73. The van der Waals surface area contributed by atoms with Crippen molar-refractivity contribution in [2.45, 2.75) is 65.6 Å². The first kappa shape index (κ1) is 19.2. The molecule has 0 heterocycles. The molecule has 3 rings (SSSR count). The summed E-state index contributed by atoms with van der Waals surface area (Å²) in [6.07, 6.45) is -0.0107. The Morgan fingerprint density at radius 2 is 1.77 bits per heavy atom. The standard InChI is InChI=1S/C20H28O6/c1-9(2)14(22)13-15(23)19-8-11(18(5,6)25)17(3,4)10(19)7-12(21)20(19,26)16(13)24/h9-11,24-26H,7-8H2,1-6H3/t10-,11-,19+,20+/m0/s1. The van der Waals surface area contributed by atoms with Gasteiger partial charge in [0.05, 0.1) is 11.0 Å². The third-order valence-corrected chi connectivity index (χ3v) is 7.19. The van der Waals surface area contributed by atoms with Crippen LogP contribution in [0.3, 0.4) is 0 Å². The minimum Gasteiger partial charge on any atom is -0.508 e. The van der Waals surface area contributed by atoms with E-state index in [9.17, 15) is 29.7 Å². The van der Waals surface area contributed by atoms with E-state index in [1.54, 1.807) is 27.7 Å². The lowest BCUT2D eigenvalue weighted by Gasteiger charge is -2.39. The van der Waals surface area contributed by atoms with Gasteiger partial charge >= 0.3 is 0 Å². The number of allylic oxidation sites excluding steroid dienone is 1. The van der Waals surface area contributed by atoms with E-state index >= 15 is 0 Å². The topological polar surface area (TPSA) is 112 Å². The summed E-state index contributed by atoms with van der Waals surface area (Å²) in [6.45, 7) is 10.2. The van der Waals surface area contributed by atoms with E-state index in [2.05, 4.69) is 0 Å². The van der Waals surface area contributed by atoms with Crippen LogP contribution in [0.4, 0.5) is 0 Å². The van der Waals surface area contributed by atoms with Gasteiger partial charge < -0.3 is 15.3 Å². The maximum atomic E-state index is 13.4. The molecule has 0 aromatic rings. The molecule has 4 atom stereocenters. The molecule has 0 saturated heterocycles. The van der Waals surface area contributed by atoms with Crippen LogP contribution in [0.25, 0.3) is 0 Å². The maximum absolute atomic E-state index is 13.4. The van der Waals surface area contributed by atoms with Crippen molar-refractivity contribution in [2.75, 3.05) is 0 Å². The Bertz CT molecular complexity index is 753. The Hall–Kier alpha value is -1.53. The zero-order chi connectivity index (χ0) is 20.0. The second-order valence-electron chi connectivity index (χ2n) is 9.67. The minimum atomic E-state index is -2.37. The second-order valence-corrected chi connectivity index (χ2v) is 9.67. The number of aliphatic hydroxyl groups excluding tert-OH is 1. The largest absolute Gasteiger partial charge is 0.508 e. The molecule has 3 aliphatic carbocycles. The highest BCUT2D eigenvalue weighted by Crippen LogP contribution is 2.72. The van der Waals surface area contributed by atoms with Gasteiger partial charge in [0.15, 0.2) is 23.0 Å². The van der Waals surface area contributed by atoms with Crippen LogP contribution < -0.4 is 0 Å². The first-order chi connectivity index (χ1) is 11.6. The van der Waals surface area contributed by atoms with Crippen LogP contribution in [-0.2, 0) is 14.4 Å². The number of rotatable bonds is 3. The molecule has 144 valence electrons. The molecule has 3 aliphatic rings. The molecule has 6 heteroatoms. The first-order valence-corrected chi connectivity index (χ1v) is 9.15. The zero-order valence-corrected chi connectivity index (χ0v) is 16.2. The first-order valence-electron chi connectivity index (χ1n) is 9.15. The van der Waals surface area contributed by atoms with Crippen molar-refractivity contribution in [1.29, 1.82) is 0 Å². The molecule has 0 aromatic heterocycles. The molecule has 2 saturated carbocycles. The van der Waals surface area contributed by atoms with E-state index in [1.165, 1.54) is 0 Å². The molecule has 0 bridgehead atoms. The fourth-order valence-corrected chi connectivity index (χ4v) is 5.97. The highest BCUT2D eigenvalue weighted by molar-refractivity contribution is 6.29.